The number of allylic oxidation sites excluding steroid dienone is 2. The van der Waals surface area contributed by atoms with Crippen molar-refractivity contribution in [2.75, 3.05) is 12.3 Å². The maximum Gasteiger partial charge on any atom is 0.416 e. The molecule has 0 unspecified atom stereocenters. The zero-order valence-electron chi connectivity index (χ0n) is 15.6. The predicted molar refractivity (Wildman–Crippen MR) is 108 cm³/mol. The van der Waals surface area contributed by atoms with E-state index < -0.39 is 21.8 Å². The van der Waals surface area contributed by atoms with Crippen molar-refractivity contribution in [3.63, 3.8) is 0 Å². The van der Waals surface area contributed by atoms with Crippen LogP contribution in [0.4, 0.5) is 13.2 Å². The molecule has 0 spiro atoms. The molecule has 156 valence electrons. The maximum absolute atomic E-state index is 12.9. The molecule has 9 heteroatoms. The van der Waals surface area contributed by atoms with Gasteiger partial charge in [0.05, 0.1) is 11.3 Å². The van der Waals surface area contributed by atoms with Crippen LogP contribution in [0, 0.1) is 0 Å². The molecule has 0 N–H and O–H groups in total. The second kappa shape index (κ2) is 7.64. The van der Waals surface area contributed by atoms with Gasteiger partial charge >= 0.3 is 6.18 Å². The summed E-state index contributed by atoms with van der Waals surface area (Å²) in [4.78, 5) is 1.80. The number of alkyl halides is 3. The highest BCUT2D eigenvalue weighted by Crippen LogP contribution is 2.33. The Bertz CT molecular complexity index is 1150. The van der Waals surface area contributed by atoms with Gasteiger partial charge in [-0.15, -0.1) is 4.40 Å². The Morgan fingerprint density at radius 2 is 1.80 bits per heavy atom. The van der Waals surface area contributed by atoms with E-state index in [-0.39, 0.29) is 11.5 Å². The molecule has 0 aromatic heterocycles. The number of sulfonamides is 1. The Balaban J connectivity index is 1.59. The molecule has 0 bridgehead atoms. The minimum atomic E-state index is -4.45. The van der Waals surface area contributed by atoms with Crippen LogP contribution in [0.1, 0.15) is 17.5 Å². The molecule has 2 aliphatic heterocycles. The Hall–Kier alpha value is -3.07. The Labute approximate surface area is 171 Å². The lowest BCUT2D eigenvalue weighted by atomic mass is 10.0. The molecule has 0 saturated carbocycles. The average Bonchev–Trinajstić information content (AvgIpc) is 2.85. The van der Waals surface area contributed by atoms with E-state index in [1.54, 1.807) is 41.4 Å². The summed E-state index contributed by atoms with van der Waals surface area (Å²) >= 11 is 0. The van der Waals surface area contributed by atoms with Gasteiger partial charge in [-0.2, -0.15) is 13.2 Å². The molecule has 4 rings (SSSR count). The first-order valence-electron chi connectivity index (χ1n) is 9.15. The fourth-order valence-electron chi connectivity index (χ4n) is 3.22. The van der Waals surface area contributed by atoms with Crippen LogP contribution in [-0.4, -0.2) is 31.5 Å². The van der Waals surface area contributed by atoms with Crippen LogP contribution in [0.3, 0.4) is 0 Å². The molecule has 5 nitrogen and oxygen atoms in total. The molecule has 0 amide bonds. The maximum atomic E-state index is 12.9. The molecule has 30 heavy (non-hydrogen) atoms. The van der Waals surface area contributed by atoms with Crippen molar-refractivity contribution < 1.29 is 26.3 Å². The molecular weight excluding hydrogens is 417 g/mol. The van der Waals surface area contributed by atoms with Gasteiger partial charge in [0.2, 0.25) is 0 Å². The van der Waals surface area contributed by atoms with Crippen LogP contribution in [0.15, 0.2) is 71.3 Å². The normalized spacial score (nSPS) is 18.2. The number of nitrogens with zero attached hydrogens (tertiary/aromatic N) is 2. The largest absolute Gasteiger partial charge is 0.457 e. The second-order valence-corrected chi connectivity index (χ2v) is 8.58. The van der Waals surface area contributed by atoms with Crippen LogP contribution < -0.4 is 4.74 Å². The van der Waals surface area contributed by atoms with Crippen molar-refractivity contribution in [1.29, 1.82) is 0 Å². The smallest absolute Gasteiger partial charge is 0.416 e. The van der Waals surface area contributed by atoms with Crippen molar-refractivity contribution in [2.24, 2.45) is 4.40 Å². The van der Waals surface area contributed by atoms with Gasteiger partial charge in [-0.05, 0) is 54.5 Å². The first-order chi connectivity index (χ1) is 14.2. The second-order valence-electron chi connectivity index (χ2n) is 6.82. The number of benzene rings is 2. The summed E-state index contributed by atoms with van der Waals surface area (Å²) in [5.74, 6) is 0.791. The molecule has 0 saturated heterocycles. The predicted octanol–water partition coefficient (Wildman–Crippen LogP) is 4.84. The highest BCUT2D eigenvalue weighted by molar-refractivity contribution is 7.90. The third kappa shape index (κ3) is 4.40. The van der Waals surface area contributed by atoms with E-state index in [0.717, 1.165) is 17.7 Å². The average molecular weight is 434 g/mol. The van der Waals surface area contributed by atoms with Crippen LogP contribution in [0.5, 0.6) is 11.5 Å². The summed E-state index contributed by atoms with van der Waals surface area (Å²) in [6.07, 6.45) is 1.42. The highest BCUT2D eigenvalue weighted by Gasteiger charge is 2.30. The third-order valence-electron chi connectivity index (χ3n) is 4.63. The molecule has 0 aliphatic carbocycles. The molecule has 2 aromatic rings. The first kappa shape index (κ1) is 20.2. The number of hydrogen-bond acceptors (Lipinski definition) is 4. The van der Waals surface area contributed by atoms with Gasteiger partial charge in [-0.1, -0.05) is 18.2 Å². The van der Waals surface area contributed by atoms with Gasteiger partial charge in [0.25, 0.3) is 10.0 Å². The topological polar surface area (TPSA) is 59.0 Å². The van der Waals surface area contributed by atoms with Gasteiger partial charge in [0, 0.05) is 18.3 Å². The lowest BCUT2D eigenvalue weighted by molar-refractivity contribution is -0.137. The van der Waals surface area contributed by atoms with Crippen LogP contribution in [0.2, 0.25) is 0 Å². The summed E-state index contributed by atoms with van der Waals surface area (Å²) in [5.41, 5.74) is 0.577. The van der Waals surface area contributed by atoms with Gasteiger partial charge in [-0.25, -0.2) is 8.42 Å². The van der Waals surface area contributed by atoms with Gasteiger partial charge in [0.1, 0.15) is 11.5 Å². The minimum Gasteiger partial charge on any atom is -0.457 e. The highest BCUT2D eigenvalue weighted by atomic mass is 32.2. The van der Waals surface area contributed by atoms with Crippen LogP contribution in [-0.2, 0) is 16.2 Å². The zero-order valence-corrected chi connectivity index (χ0v) is 16.4. The first-order valence-corrected chi connectivity index (χ1v) is 10.8. The number of hydrogen-bond donors (Lipinski definition) is 0. The quantitative estimate of drug-likeness (QED) is 0.694. The molecule has 0 atom stereocenters. The van der Waals surface area contributed by atoms with E-state index in [2.05, 4.69) is 4.40 Å². The van der Waals surface area contributed by atoms with Crippen LogP contribution in [0.25, 0.3) is 5.57 Å². The molecule has 2 aromatic carbocycles. The molecule has 0 fully saturated rings. The lowest BCUT2D eigenvalue weighted by Gasteiger charge is -2.24. The van der Waals surface area contributed by atoms with E-state index in [1.165, 1.54) is 12.1 Å². The van der Waals surface area contributed by atoms with E-state index >= 15 is 0 Å². The van der Waals surface area contributed by atoms with Gasteiger partial charge < -0.3 is 9.64 Å². The van der Waals surface area contributed by atoms with Crippen molar-refractivity contribution in [3.8, 4) is 11.5 Å². The van der Waals surface area contributed by atoms with Crippen molar-refractivity contribution in [3.05, 3.63) is 78.0 Å². The summed E-state index contributed by atoms with van der Waals surface area (Å²) in [5, 5.41) is 0. The number of amidine groups is 1. The van der Waals surface area contributed by atoms with Gasteiger partial charge in [-0.3, -0.25) is 0 Å². The number of fused-ring (bicyclic) bond motifs is 1. The fraction of sp³-hybridized carbons (Fsp3) is 0.190. The Morgan fingerprint density at radius 3 is 2.53 bits per heavy atom. The minimum absolute atomic E-state index is 0.00210. The summed E-state index contributed by atoms with van der Waals surface area (Å²) < 4.78 is 72.3. The molecule has 0 radical (unpaired) electrons. The number of halogens is 3. The summed E-state index contributed by atoms with van der Waals surface area (Å²) in [6, 6.07) is 11.3. The fourth-order valence-corrected chi connectivity index (χ4v) is 4.27. The van der Waals surface area contributed by atoms with Gasteiger partial charge in [0.15, 0.2) is 5.84 Å². The van der Waals surface area contributed by atoms with E-state index in [0.29, 0.717) is 30.1 Å². The lowest BCUT2D eigenvalue weighted by Crippen LogP contribution is -2.28. The summed E-state index contributed by atoms with van der Waals surface area (Å²) in [7, 11) is -3.54. The number of ether oxygens (including phenoxy) is 1. The molecule has 2 heterocycles. The van der Waals surface area contributed by atoms with E-state index in [9.17, 15) is 21.6 Å². The molecular formula is C21H17F3N2O3S. The zero-order chi connectivity index (χ0) is 21.4. The monoisotopic (exact) mass is 434 g/mol. The Morgan fingerprint density at radius 1 is 1.03 bits per heavy atom. The van der Waals surface area contributed by atoms with Crippen molar-refractivity contribution in [1.82, 2.24) is 4.90 Å². The standard InChI is InChI=1S/C21H17F3N2O3S/c22-21(23,24)16-4-1-5-18(14-16)29-17-9-7-15(8-10-17)19-6-2-11-26-12-3-13-30(27,28)25-20(19)26/h1-2,4-11,14H,3,12-13H2. The number of rotatable bonds is 3. The van der Waals surface area contributed by atoms with Crippen molar-refractivity contribution in [2.45, 2.75) is 12.6 Å². The Kier molecular flexibility index (Phi) is 5.15. The van der Waals surface area contributed by atoms with E-state index in [1.807, 2.05) is 6.08 Å². The van der Waals surface area contributed by atoms with E-state index in [4.69, 9.17) is 4.74 Å². The summed E-state index contributed by atoms with van der Waals surface area (Å²) in [6.45, 7) is 0.544. The molecule has 2 aliphatic rings. The SMILES string of the molecule is O=S1(=O)CCCN2C=CC=C(c3ccc(Oc4cccc(C(F)(F)F)c4)cc3)C2=N1. The van der Waals surface area contributed by atoms with Crippen molar-refractivity contribution >= 4 is 21.4 Å². The van der Waals surface area contributed by atoms with Crippen LogP contribution >= 0.6 is 0 Å². The third-order valence-corrected chi connectivity index (χ3v) is 5.89.